The van der Waals surface area contributed by atoms with Crippen LogP contribution < -0.4 is 20.1 Å². The number of allylic oxidation sites excluding steroid dienone is 4. The molecule has 14 nitrogen and oxygen atoms in total. The van der Waals surface area contributed by atoms with Crippen molar-refractivity contribution in [3.05, 3.63) is 94.5 Å². The van der Waals surface area contributed by atoms with Crippen molar-refractivity contribution in [1.29, 1.82) is 0 Å². The van der Waals surface area contributed by atoms with Crippen LogP contribution in [0, 0.1) is 46.3 Å². The van der Waals surface area contributed by atoms with E-state index in [2.05, 4.69) is 61.6 Å². The molecule has 1 aromatic heterocycles. The van der Waals surface area contributed by atoms with E-state index >= 15 is 0 Å². The highest BCUT2D eigenvalue weighted by Crippen LogP contribution is 2.67. The third-order valence-corrected chi connectivity index (χ3v) is 17.3. The number of nitrogens with zero attached hydrogens (tertiary/aromatic N) is 3. The summed E-state index contributed by atoms with van der Waals surface area (Å²) < 4.78 is 18.3. The van der Waals surface area contributed by atoms with Crippen molar-refractivity contribution in [3.8, 4) is 23.0 Å². The van der Waals surface area contributed by atoms with Crippen molar-refractivity contribution >= 4 is 29.7 Å². The summed E-state index contributed by atoms with van der Waals surface area (Å²) in [4.78, 5) is 39.1. The van der Waals surface area contributed by atoms with Gasteiger partial charge in [-0.25, -0.2) is 0 Å². The molecule has 2 aromatic carbocycles. The predicted molar refractivity (Wildman–Crippen MR) is 288 cm³/mol. The first-order valence-corrected chi connectivity index (χ1v) is 27.3. The second kappa shape index (κ2) is 25.6. The number of phenols is 2. The van der Waals surface area contributed by atoms with Crippen LogP contribution in [0.5, 0.6) is 23.0 Å². The molecule has 0 aliphatic heterocycles. The Labute approximate surface area is 439 Å². The summed E-state index contributed by atoms with van der Waals surface area (Å²) in [7, 11) is 2.87. The van der Waals surface area contributed by atoms with Crippen LogP contribution in [0.4, 0.5) is 0 Å². The maximum absolute atomic E-state index is 13.6. The first-order chi connectivity index (χ1) is 35.5. The maximum Gasteiger partial charge on any atom is 0.246 e. The minimum atomic E-state index is -0.469. The maximum atomic E-state index is 13.6. The fourth-order valence-electron chi connectivity index (χ4n) is 13.2. The number of hydrogen-bond acceptors (Lipinski definition) is 11. The average molecular weight is 1020 g/mol. The Kier molecular flexibility index (Phi) is 19.3. The highest BCUT2D eigenvalue weighted by Gasteiger charge is 2.59. The van der Waals surface area contributed by atoms with Gasteiger partial charge in [-0.15, -0.1) is 5.10 Å². The standard InChI is InChI=1S/C60H83N5O9/c1-39(2)11-10-12-40(3)48-19-20-49-46-18-17-43-35-45(25-28-59(43,4)50(46)26-29-60(48,49)5)74-38-58(71)62-31-27-57(70)61-30-8-9-32-65-37-44(63-64-65)36-47(51(66)21-13-41-15-23-53(68)55(33-41)72-6)52(67)22-14-42-16-24-54(69)56(34-42)73-7/h13-17,21-24,33-34,37,39-40,45-46,48-50,66,68-69H,8-12,18-20,25-32,35-36,38H2,1-7H3,(H,61,70)(H,62,71)/b21-13+,22-14+,51-47?/t40-,45+,46+,48-,49+,50+,59+,60-/m1/s1. The number of hydrogen-bond donors (Lipinski definition) is 5. The lowest BCUT2D eigenvalue weighted by Crippen LogP contribution is -2.51. The van der Waals surface area contributed by atoms with Crippen LogP contribution in [-0.2, 0) is 32.1 Å². The van der Waals surface area contributed by atoms with Crippen LogP contribution in [-0.4, -0.2) is 87.9 Å². The van der Waals surface area contributed by atoms with Crippen molar-refractivity contribution in [3.63, 3.8) is 0 Å². The molecule has 3 aromatic rings. The van der Waals surface area contributed by atoms with E-state index in [9.17, 15) is 29.7 Å². The lowest BCUT2D eigenvalue weighted by Gasteiger charge is -2.58. The third-order valence-electron chi connectivity index (χ3n) is 17.3. The quantitative estimate of drug-likeness (QED) is 0.0178. The number of carbonyl (C=O) groups excluding carboxylic acids is 3. The number of phenolic OH excluding ortho intramolecular Hbond substituents is 2. The molecule has 8 atom stereocenters. The van der Waals surface area contributed by atoms with Gasteiger partial charge in [-0.05, 0) is 158 Å². The number of aliphatic hydroxyl groups is 1. The topological polar surface area (TPSA) is 194 Å². The molecule has 5 N–H and O–H groups in total. The molecule has 3 saturated carbocycles. The molecule has 1 heterocycles. The van der Waals surface area contributed by atoms with E-state index in [0.717, 1.165) is 54.8 Å². The molecule has 4 aliphatic carbocycles. The second-order valence-corrected chi connectivity index (χ2v) is 22.5. The van der Waals surface area contributed by atoms with Gasteiger partial charge in [0, 0.05) is 44.2 Å². The molecule has 2 amide bonds. The lowest BCUT2D eigenvalue weighted by atomic mass is 9.47. The SMILES string of the molecule is COc1cc(/C=C/C(=O)C(Cc2cn(CCCCNC(=O)CCNC(=O)CO[C@H]3CC[C@@]4(C)C(=CC[C@H]5[C@@H]6CC[C@H]([C@H](C)CCCC(C)C)[C@@]6(C)CC[C@@H]54)C3)nn2)=C(O)/C=C/c2ccc(O)c(OC)c2)ccc1O. The number of aliphatic hydroxyl groups excluding tert-OH is 1. The number of aryl methyl sites for hydroxylation is 1. The van der Waals surface area contributed by atoms with Crippen molar-refractivity contribution in [1.82, 2.24) is 25.6 Å². The zero-order valence-electron chi connectivity index (χ0n) is 45.0. The highest BCUT2D eigenvalue weighted by atomic mass is 16.5. The van der Waals surface area contributed by atoms with Crippen molar-refractivity contribution in [2.24, 2.45) is 46.3 Å². The van der Waals surface area contributed by atoms with Crippen LogP contribution >= 0.6 is 0 Å². The zero-order chi connectivity index (χ0) is 53.0. The molecular weight excluding hydrogens is 935 g/mol. The number of amides is 2. The Morgan fingerprint density at radius 1 is 0.838 bits per heavy atom. The number of fused-ring (bicyclic) bond motifs is 5. The van der Waals surface area contributed by atoms with Crippen LogP contribution in [0.2, 0.25) is 0 Å². The molecule has 402 valence electrons. The second-order valence-electron chi connectivity index (χ2n) is 22.5. The fraction of sp³-hybridized carbons (Fsp3) is 0.583. The molecule has 0 bridgehead atoms. The summed E-state index contributed by atoms with van der Waals surface area (Å²) in [6.45, 7) is 13.7. The number of nitrogens with one attached hydrogen (secondary N) is 2. The summed E-state index contributed by atoms with van der Waals surface area (Å²) in [5, 5.41) is 45.5. The van der Waals surface area contributed by atoms with Crippen LogP contribution in [0.25, 0.3) is 12.2 Å². The number of rotatable bonds is 25. The number of ketones is 1. The Balaban J connectivity index is 0.808. The van der Waals surface area contributed by atoms with Crippen molar-refractivity contribution in [2.75, 3.05) is 33.9 Å². The van der Waals surface area contributed by atoms with Gasteiger partial charge in [0.2, 0.25) is 11.8 Å². The van der Waals surface area contributed by atoms with Gasteiger partial charge < -0.3 is 40.2 Å². The van der Waals surface area contributed by atoms with Gasteiger partial charge in [0.15, 0.2) is 28.8 Å². The number of aromatic hydroxyl groups is 2. The molecule has 0 spiro atoms. The Hall–Kier alpha value is -5.89. The van der Waals surface area contributed by atoms with Gasteiger partial charge in [0.05, 0.1) is 26.0 Å². The van der Waals surface area contributed by atoms with E-state index in [1.54, 1.807) is 52.9 Å². The fourth-order valence-corrected chi connectivity index (χ4v) is 13.2. The number of unbranched alkanes of at least 4 members (excludes halogenated alkanes) is 1. The molecule has 0 radical (unpaired) electrons. The van der Waals surface area contributed by atoms with Gasteiger partial charge >= 0.3 is 0 Å². The summed E-state index contributed by atoms with van der Waals surface area (Å²) >= 11 is 0. The van der Waals surface area contributed by atoms with E-state index in [1.165, 1.54) is 89.9 Å². The molecule has 0 saturated heterocycles. The molecular formula is C60H83N5O9. The Bertz CT molecular complexity index is 2540. The Morgan fingerprint density at radius 2 is 1.54 bits per heavy atom. The number of benzene rings is 2. The van der Waals surface area contributed by atoms with Crippen molar-refractivity contribution < 1.29 is 43.9 Å². The smallest absolute Gasteiger partial charge is 0.246 e. The van der Waals surface area contributed by atoms with Crippen molar-refractivity contribution in [2.45, 2.75) is 144 Å². The number of carbonyl (C=O) groups is 3. The minimum absolute atomic E-state index is 0.000719. The molecule has 74 heavy (non-hydrogen) atoms. The van der Waals surface area contributed by atoms with Crippen LogP contribution in [0.15, 0.2) is 77.7 Å². The van der Waals surface area contributed by atoms with Gasteiger partial charge in [-0.2, -0.15) is 0 Å². The molecule has 7 rings (SSSR count). The third kappa shape index (κ3) is 13.9. The van der Waals surface area contributed by atoms with E-state index in [0.29, 0.717) is 48.2 Å². The lowest BCUT2D eigenvalue weighted by molar-refractivity contribution is -0.129. The largest absolute Gasteiger partial charge is 0.508 e. The first kappa shape index (κ1) is 55.9. The molecule has 3 fully saturated rings. The highest BCUT2D eigenvalue weighted by molar-refractivity contribution is 6.07. The predicted octanol–water partition coefficient (Wildman–Crippen LogP) is 10.9. The molecule has 0 unspecified atom stereocenters. The van der Waals surface area contributed by atoms with E-state index < -0.39 is 5.78 Å². The van der Waals surface area contributed by atoms with E-state index in [-0.39, 0.29) is 83.7 Å². The number of ether oxygens (including phenoxy) is 3. The summed E-state index contributed by atoms with van der Waals surface area (Å²) in [5.41, 5.74) is 4.02. The molecule has 14 heteroatoms. The Morgan fingerprint density at radius 3 is 2.24 bits per heavy atom. The minimum Gasteiger partial charge on any atom is -0.508 e. The van der Waals surface area contributed by atoms with Gasteiger partial charge in [-0.3, -0.25) is 19.1 Å². The van der Waals surface area contributed by atoms with E-state index in [4.69, 9.17) is 14.2 Å². The van der Waals surface area contributed by atoms with Gasteiger partial charge in [0.25, 0.3) is 0 Å². The molecule has 4 aliphatic rings. The van der Waals surface area contributed by atoms with Crippen LogP contribution in [0.3, 0.4) is 0 Å². The van der Waals surface area contributed by atoms with E-state index in [1.807, 2.05) is 0 Å². The van der Waals surface area contributed by atoms with Gasteiger partial charge in [-0.1, -0.05) is 95.0 Å². The number of methoxy groups -OCH3 is 2. The first-order valence-electron chi connectivity index (χ1n) is 27.3. The normalized spacial score (nSPS) is 25.2. The monoisotopic (exact) mass is 1020 g/mol. The number of aromatic nitrogens is 3. The average Bonchev–Trinajstić information content (AvgIpc) is 3.99. The summed E-state index contributed by atoms with van der Waals surface area (Å²) in [5.74, 6) is 4.20. The summed E-state index contributed by atoms with van der Waals surface area (Å²) in [6.07, 6.45) is 25.5. The van der Waals surface area contributed by atoms with Crippen LogP contribution in [0.1, 0.15) is 141 Å². The van der Waals surface area contributed by atoms with Gasteiger partial charge in [0.1, 0.15) is 12.4 Å². The zero-order valence-corrected chi connectivity index (χ0v) is 45.0. The summed E-state index contributed by atoms with van der Waals surface area (Å²) in [6, 6.07) is 9.39.